The highest BCUT2D eigenvalue weighted by Gasteiger charge is 2.22. The van der Waals surface area contributed by atoms with Gasteiger partial charge in [0.1, 0.15) is 13.1 Å². The van der Waals surface area contributed by atoms with Crippen molar-refractivity contribution in [3.8, 4) is 0 Å². The number of esters is 1. The number of rotatable bonds is 6. The van der Waals surface area contributed by atoms with Crippen molar-refractivity contribution >= 4 is 17.7 Å². The van der Waals surface area contributed by atoms with Gasteiger partial charge in [0.15, 0.2) is 0 Å². The van der Waals surface area contributed by atoms with Crippen LogP contribution in [0, 0.1) is 10.1 Å². The summed E-state index contributed by atoms with van der Waals surface area (Å²) in [6.45, 7) is 3.16. The van der Waals surface area contributed by atoms with Crippen molar-refractivity contribution in [1.29, 1.82) is 0 Å². The minimum atomic E-state index is -0.643. The maximum Gasteiger partial charge on any atom is 0.389 e. The second-order valence-electron chi connectivity index (χ2n) is 4.32. The first-order valence-electron chi connectivity index (χ1n) is 5.89. The molecule has 0 fully saturated rings. The van der Waals surface area contributed by atoms with Gasteiger partial charge in [-0.15, -0.1) is 0 Å². The molecule has 0 aliphatic rings. The molecule has 0 aromatic carbocycles. The molecule has 1 aromatic heterocycles. The lowest BCUT2D eigenvalue weighted by Crippen LogP contribution is -2.42. The Labute approximate surface area is 115 Å². The van der Waals surface area contributed by atoms with Crippen molar-refractivity contribution in [3.05, 3.63) is 22.4 Å². The van der Waals surface area contributed by atoms with E-state index in [-0.39, 0.29) is 30.9 Å². The highest BCUT2D eigenvalue weighted by molar-refractivity contribution is 5.82. The van der Waals surface area contributed by atoms with E-state index in [0.29, 0.717) is 0 Å². The third-order valence-corrected chi connectivity index (χ3v) is 2.58. The monoisotopic (exact) mass is 284 g/mol. The van der Waals surface area contributed by atoms with Crippen LogP contribution in [0.2, 0.25) is 0 Å². The summed E-state index contributed by atoms with van der Waals surface area (Å²) in [5, 5.41) is 14.1. The van der Waals surface area contributed by atoms with Gasteiger partial charge in [-0.3, -0.25) is 9.59 Å². The molecule has 1 rings (SSSR count). The average Bonchev–Trinajstić information content (AvgIpc) is 2.83. The summed E-state index contributed by atoms with van der Waals surface area (Å²) < 4.78 is 5.68. The normalized spacial score (nSPS) is 10.4. The Balaban J connectivity index is 2.74. The fraction of sp³-hybridized carbons (Fsp3) is 0.545. The number of carbonyl (C=O) groups excluding carboxylic acids is 2. The number of nitrogens with zero attached hydrogens (tertiary/aromatic N) is 4. The van der Waals surface area contributed by atoms with E-state index >= 15 is 0 Å². The Kier molecular flexibility index (Phi) is 5.18. The fourth-order valence-electron chi connectivity index (χ4n) is 1.53. The van der Waals surface area contributed by atoms with Crippen LogP contribution in [-0.2, 0) is 20.9 Å². The number of ether oxygens (including phenoxy) is 1. The van der Waals surface area contributed by atoms with Crippen LogP contribution in [0.25, 0.3) is 0 Å². The maximum atomic E-state index is 12.1. The SMILES string of the molecule is COC(=O)CN(C(=O)Cn1ccc([N+](=O)[O-])n1)C(C)C. The van der Waals surface area contributed by atoms with Crippen molar-refractivity contribution in [1.82, 2.24) is 14.7 Å². The standard InChI is InChI=1S/C11H16N4O5/c1-8(2)14(7-11(17)20-3)10(16)6-13-5-4-9(12-13)15(18)19/h4-5,8H,6-7H2,1-3H3. The molecule has 9 heteroatoms. The molecule has 0 saturated carbocycles. The van der Waals surface area contributed by atoms with Gasteiger partial charge >= 0.3 is 11.8 Å². The van der Waals surface area contributed by atoms with Crippen molar-refractivity contribution < 1.29 is 19.2 Å². The molecular weight excluding hydrogens is 268 g/mol. The minimum Gasteiger partial charge on any atom is -0.468 e. The predicted molar refractivity (Wildman–Crippen MR) is 67.7 cm³/mol. The van der Waals surface area contributed by atoms with Crippen molar-refractivity contribution in [2.24, 2.45) is 0 Å². The number of hydrogen-bond donors (Lipinski definition) is 0. The molecule has 0 N–H and O–H groups in total. The van der Waals surface area contributed by atoms with E-state index < -0.39 is 10.9 Å². The molecular formula is C11H16N4O5. The zero-order valence-corrected chi connectivity index (χ0v) is 11.5. The first-order chi connectivity index (χ1) is 9.35. The van der Waals surface area contributed by atoms with E-state index in [2.05, 4.69) is 9.84 Å². The summed E-state index contributed by atoms with van der Waals surface area (Å²) in [7, 11) is 1.24. The second kappa shape index (κ2) is 6.64. The van der Waals surface area contributed by atoms with Crippen LogP contribution in [0.5, 0.6) is 0 Å². The molecule has 0 spiro atoms. The third-order valence-electron chi connectivity index (χ3n) is 2.58. The summed E-state index contributed by atoms with van der Waals surface area (Å²) in [6, 6.07) is 1.000. The lowest BCUT2D eigenvalue weighted by atomic mass is 10.3. The molecule has 9 nitrogen and oxygen atoms in total. The molecule has 0 unspecified atom stereocenters. The summed E-state index contributed by atoms with van der Waals surface area (Å²) in [4.78, 5) is 34.5. The van der Waals surface area contributed by atoms with Gasteiger partial charge < -0.3 is 19.8 Å². The topological polar surface area (TPSA) is 108 Å². The lowest BCUT2D eigenvalue weighted by molar-refractivity contribution is -0.389. The van der Waals surface area contributed by atoms with Gasteiger partial charge in [0.25, 0.3) is 0 Å². The van der Waals surface area contributed by atoms with Gasteiger partial charge in [-0.2, -0.15) is 4.68 Å². The Bertz CT molecular complexity index is 511. The summed E-state index contributed by atoms with van der Waals surface area (Å²) in [5.41, 5.74) is 0. The number of aromatic nitrogens is 2. The van der Waals surface area contributed by atoms with Crippen LogP contribution in [0.15, 0.2) is 12.3 Å². The Hall–Kier alpha value is -2.45. The van der Waals surface area contributed by atoms with Crippen molar-refractivity contribution in [3.63, 3.8) is 0 Å². The van der Waals surface area contributed by atoms with Gasteiger partial charge in [-0.25, -0.2) is 0 Å². The molecule has 110 valence electrons. The smallest absolute Gasteiger partial charge is 0.389 e. The van der Waals surface area contributed by atoms with Crippen LogP contribution in [0.4, 0.5) is 5.82 Å². The van der Waals surface area contributed by atoms with Crippen molar-refractivity contribution in [2.45, 2.75) is 26.4 Å². The van der Waals surface area contributed by atoms with Crippen LogP contribution in [0.3, 0.4) is 0 Å². The molecule has 1 aromatic rings. The van der Waals surface area contributed by atoms with Crippen LogP contribution < -0.4 is 0 Å². The highest BCUT2D eigenvalue weighted by Crippen LogP contribution is 2.07. The van der Waals surface area contributed by atoms with Crippen LogP contribution >= 0.6 is 0 Å². The molecule has 1 heterocycles. The van der Waals surface area contributed by atoms with Crippen LogP contribution in [-0.4, -0.2) is 51.2 Å². The largest absolute Gasteiger partial charge is 0.468 e. The number of methoxy groups -OCH3 is 1. The average molecular weight is 284 g/mol. The van der Waals surface area contributed by atoms with E-state index in [1.54, 1.807) is 13.8 Å². The van der Waals surface area contributed by atoms with E-state index in [0.717, 1.165) is 4.68 Å². The Morgan fingerprint density at radius 3 is 2.65 bits per heavy atom. The van der Waals surface area contributed by atoms with E-state index in [9.17, 15) is 19.7 Å². The molecule has 0 atom stereocenters. The zero-order chi connectivity index (χ0) is 15.3. The summed E-state index contributed by atoms with van der Waals surface area (Å²) in [5.74, 6) is -1.23. The van der Waals surface area contributed by atoms with Crippen molar-refractivity contribution in [2.75, 3.05) is 13.7 Å². The molecule has 0 bridgehead atoms. The quantitative estimate of drug-likeness (QED) is 0.419. The lowest BCUT2D eigenvalue weighted by Gasteiger charge is -2.24. The van der Waals surface area contributed by atoms with Gasteiger partial charge in [-0.1, -0.05) is 0 Å². The van der Waals surface area contributed by atoms with E-state index in [1.165, 1.54) is 24.3 Å². The number of hydrogen-bond acceptors (Lipinski definition) is 6. The summed E-state index contributed by atoms with van der Waals surface area (Å²) >= 11 is 0. The third kappa shape index (κ3) is 4.04. The molecule has 20 heavy (non-hydrogen) atoms. The number of carbonyl (C=O) groups is 2. The molecule has 0 aliphatic carbocycles. The Morgan fingerprint density at radius 1 is 1.55 bits per heavy atom. The second-order valence-corrected chi connectivity index (χ2v) is 4.32. The van der Waals surface area contributed by atoms with Crippen LogP contribution in [0.1, 0.15) is 13.8 Å². The highest BCUT2D eigenvalue weighted by atomic mass is 16.6. The van der Waals surface area contributed by atoms with E-state index in [4.69, 9.17) is 0 Å². The maximum absolute atomic E-state index is 12.1. The number of amides is 1. The molecule has 0 saturated heterocycles. The zero-order valence-electron chi connectivity index (χ0n) is 11.5. The number of nitro groups is 1. The van der Waals surface area contributed by atoms with Gasteiger partial charge in [0.05, 0.1) is 24.5 Å². The first-order valence-corrected chi connectivity index (χ1v) is 5.89. The molecule has 1 amide bonds. The van der Waals surface area contributed by atoms with Gasteiger partial charge in [0, 0.05) is 6.04 Å². The fourth-order valence-corrected chi connectivity index (χ4v) is 1.53. The molecule has 0 radical (unpaired) electrons. The first kappa shape index (κ1) is 15.6. The van der Waals surface area contributed by atoms with E-state index in [1.807, 2.05) is 0 Å². The molecule has 0 aliphatic heterocycles. The summed E-state index contributed by atoms with van der Waals surface area (Å²) in [6.07, 6.45) is 1.34. The Morgan fingerprint density at radius 2 is 2.20 bits per heavy atom. The minimum absolute atomic E-state index is 0.170. The van der Waals surface area contributed by atoms with Gasteiger partial charge in [0.2, 0.25) is 5.91 Å². The predicted octanol–water partition coefficient (Wildman–Crippen LogP) is 0.201. The van der Waals surface area contributed by atoms with Gasteiger partial charge in [-0.05, 0) is 18.8 Å².